The predicted octanol–water partition coefficient (Wildman–Crippen LogP) is 9.95. The van der Waals surface area contributed by atoms with Crippen molar-refractivity contribution in [3.63, 3.8) is 0 Å². The zero-order chi connectivity index (χ0) is 34.8. The van der Waals surface area contributed by atoms with Gasteiger partial charge in [-0.1, -0.05) is 133 Å². The van der Waals surface area contributed by atoms with Gasteiger partial charge < -0.3 is 0 Å². The smallest absolute Gasteiger partial charge is 0.191 e. The van der Waals surface area contributed by atoms with Gasteiger partial charge in [0, 0.05) is 16.3 Å². The number of benzene rings is 5. The van der Waals surface area contributed by atoms with Gasteiger partial charge in [0.05, 0.1) is 10.4 Å². The van der Waals surface area contributed by atoms with Gasteiger partial charge in [-0.3, -0.25) is 4.98 Å². The normalized spacial score (nSPS) is 12.3. The van der Waals surface area contributed by atoms with Crippen LogP contribution in [0.2, 0.25) is 0 Å². The van der Waals surface area contributed by atoms with E-state index in [1.54, 1.807) is 0 Å². The van der Waals surface area contributed by atoms with Crippen molar-refractivity contribution in [1.82, 2.24) is 4.98 Å². The van der Waals surface area contributed by atoms with Crippen molar-refractivity contribution in [2.75, 3.05) is 0 Å². The lowest BCUT2D eigenvalue weighted by Gasteiger charge is -2.35. The Labute approximate surface area is 297 Å². The molecule has 0 amide bonds. The molecule has 0 spiro atoms. The molecule has 1 nitrogen and oxygen atoms in total. The van der Waals surface area contributed by atoms with Crippen LogP contribution in [0.5, 0.6) is 0 Å². The van der Waals surface area contributed by atoms with Gasteiger partial charge in [0.1, 0.15) is 0 Å². The van der Waals surface area contributed by atoms with E-state index in [9.17, 15) is 0 Å². The molecule has 0 aliphatic heterocycles. The van der Waals surface area contributed by atoms with Crippen molar-refractivity contribution in [2.45, 2.75) is 74.7 Å². The maximum absolute atomic E-state index is 5.17. The average Bonchev–Trinajstić information content (AvgIpc) is 3.35. The number of pyridine rings is 1. The molecule has 0 saturated heterocycles. The zero-order valence-corrected chi connectivity index (χ0v) is 32.5. The summed E-state index contributed by atoms with van der Waals surface area (Å²) >= 11 is 1.99. The summed E-state index contributed by atoms with van der Waals surface area (Å²) in [7, 11) is -2.83. The van der Waals surface area contributed by atoms with Gasteiger partial charge in [0.2, 0.25) is 0 Å². The molecule has 7 aromatic rings. The number of nitrogens with zero attached hydrogens (tertiary/aromatic N) is 1. The molecule has 7 rings (SSSR count). The minimum absolute atomic E-state index is 0.00279. The molecule has 0 atom stereocenters. The van der Waals surface area contributed by atoms with E-state index in [-0.39, 0.29) is 5.41 Å². The fourth-order valence-corrected chi connectivity index (χ4v) is 16.4. The second-order valence-electron chi connectivity index (χ2n) is 15.5. The van der Waals surface area contributed by atoms with Crippen LogP contribution in [0.1, 0.15) is 65.3 Å². The topological polar surface area (TPSA) is 12.9 Å². The number of thiophene rings is 1. The van der Waals surface area contributed by atoms with Crippen LogP contribution in [-0.4, -0.2) is 13.1 Å². The number of rotatable bonds is 5. The lowest BCUT2D eigenvalue weighted by molar-refractivity contribution is 0.596. The summed E-state index contributed by atoms with van der Waals surface area (Å²) in [5.41, 5.74) is 12.9. The Morgan fingerprint density at radius 2 is 1.04 bits per heavy atom. The van der Waals surface area contributed by atoms with E-state index in [1.807, 2.05) is 17.5 Å². The Morgan fingerprint density at radius 3 is 1.53 bits per heavy atom. The summed E-state index contributed by atoms with van der Waals surface area (Å²) in [6.07, 6.45) is 2.03. The molecule has 0 aliphatic carbocycles. The molecule has 0 fully saturated rings. The van der Waals surface area contributed by atoms with Crippen molar-refractivity contribution in [1.29, 1.82) is 0 Å². The van der Waals surface area contributed by atoms with Gasteiger partial charge in [-0.25, -0.2) is 0 Å². The number of fused-ring (bicyclic) bond motifs is 2. The summed E-state index contributed by atoms with van der Waals surface area (Å²) in [6, 6.07) is 37.7. The fraction of sp³-hybridized carbons (Fsp3) is 0.239. The van der Waals surface area contributed by atoms with E-state index in [0.717, 1.165) is 5.69 Å². The lowest BCUT2D eigenvalue weighted by Crippen LogP contribution is -2.74. The molecular formula is C46H47NSSi. The Balaban J connectivity index is 1.64. The van der Waals surface area contributed by atoms with Crippen molar-refractivity contribution in [3.05, 3.63) is 148 Å². The highest BCUT2D eigenvalue weighted by molar-refractivity contribution is 7.40. The van der Waals surface area contributed by atoms with Gasteiger partial charge in [0.15, 0.2) is 8.07 Å². The van der Waals surface area contributed by atoms with Crippen LogP contribution in [0.4, 0.5) is 0 Å². The van der Waals surface area contributed by atoms with Crippen LogP contribution in [0.15, 0.2) is 103 Å². The van der Waals surface area contributed by atoms with E-state index >= 15 is 0 Å². The molecule has 2 heterocycles. The van der Waals surface area contributed by atoms with Crippen molar-refractivity contribution >= 4 is 60.3 Å². The highest BCUT2D eigenvalue weighted by atomic mass is 32.1. The second kappa shape index (κ2) is 12.2. The van der Waals surface area contributed by atoms with E-state index in [1.165, 1.54) is 91.0 Å². The third-order valence-corrected chi connectivity index (χ3v) is 17.0. The average molecular weight is 674 g/mol. The molecule has 2 aromatic heterocycles. The molecular weight excluding hydrogens is 627 g/mol. The molecule has 246 valence electrons. The van der Waals surface area contributed by atoms with Gasteiger partial charge in [-0.05, 0) is 115 Å². The summed E-state index contributed by atoms with van der Waals surface area (Å²) in [6.45, 7) is 22.8. The molecule has 0 bridgehead atoms. The van der Waals surface area contributed by atoms with E-state index in [0.29, 0.717) is 0 Å². The highest BCUT2D eigenvalue weighted by Crippen LogP contribution is 2.39. The standard InChI is InChI=1S/C46H47NSSi/c1-28-17-29(2)21-37(20-28)49(38-22-30(3)18-31(4)23-38,39-24-32(5)19-33(6)25-39)45-34(7)40-15-16-47-43(44(40)48-45)36-26-35-13-11-12-14-41(35)42(27-36)46(8,9)10/h11-27H,1-10H3. The van der Waals surface area contributed by atoms with Crippen molar-refractivity contribution in [2.24, 2.45) is 0 Å². The first-order chi connectivity index (χ1) is 23.2. The Kier molecular flexibility index (Phi) is 8.28. The first-order valence-electron chi connectivity index (χ1n) is 17.4. The molecule has 0 radical (unpaired) electrons. The molecule has 49 heavy (non-hydrogen) atoms. The lowest BCUT2D eigenvalue weighted by atomic mass is 9.82. The molecule has 0 N–H and O–H groups in total. The number of aromatic nitrogens is 1. The van der Waals surface area contributed by atoms with E-state index in [4.69, 9.17) is 4.98 Å². The first kappa shape index (κ1) is 33.2. The second-order valence-corrected chi connectivity index (χ2v) is 20.6. The Hall–Kier alpha value is -4.31. The zero-order valence-electron chi connectivity index (χ0n) is 30.7. The summed E-state index contributed by atoms with van der Waals surface area (Å²) in [5.74, 6) is 0. The number of hydrogen-bond acceptors (Lipinski definition) is 2. The highest BCUT2D eigenvalue weighted by Gasteiger charge is 2.45. The molecule has 3 heteroatoms. The maximum Gasteiger partial charge on any atom is 0.191 e. The third-order valence-electron chi connectivity index (χ3n) is 10.1. The quantitative estimate of drug-likeness (QED) is 0.131. The third kappa shape index (κ3) is 5.77. The first-order valence-corrected chi connectivity index (χ1v) is 20.3. The van der Waals surface area contributed by atoms with E-state index in [2.05, 4.69) is 166 Å². The van der Waals surface area contributed by atoms with E-state index < -0.39 is 8.07 Å². The molecule has 5 aromatic carbocycles. The van der Waals surface area contributed by atoms with Crippen LogP contribution in [0.25, 0.3) is 32.1 Å². The van der Waals surface area contributed by atoms with Crippen LogP contribution in [0, 0.1) is 48.5 Å². The minimum Gasteiger partial charge on any atom is -0.255 e. The summed E-state index contributed by atoms with van der Waals surface area (Å²) in [4.78, 5) is 5.17. The summed E-state index contributed by atoms with van der Waals surface area (Å²) < 4.78 is 2.77. The van der Waals surface area contributed by atoms with Gasteiger partial charge in [0.25, 0.3) is 0 Å². The summed E-state index contributed by atoms with van der Waals surface area (Å²) in [5, 5.41) is 8.24. The van der Waals surface area contributed by atoms with Crippen LogP contribution < -0.4 is 20.1 Å². The largest absolute Gasteiger partial charge is 0.255 e. The molecule has 0 aliphatic rings. The number of hydrogen-bond donors (Lipinski definition) is 0. The number of aryl methyl sites for hydroxylation is 7. The Bertz CT molecular complexity index is 2220. The van der Waals surface area contributed by atoms with Gasteiger partial charge >= 0.3 is 0 Å². The maximum atomic E-state index is 5.17. The SMILES string of the molecule is Cc1cc(C)cc([Si](c2cc(C)cc(C)c2)(c2cc(C)cc(C)c2)c2sc3c(-c4cc(C(C)(C)C)c5ccccc5c4)nccc3c2C)c1. The predicted molar refractivity (Wildman–Crippen MR) is 218 cm³/mol. The van der Waals surface area contributed by atoms with Gasteiger partial charge in [-0.2, -0.15) is 0 Å². The fourth-order valence-electron chi connectivity index (χ4n) is 8.25. The minimum atomic E-state index is -2.83. The molecule has 0 saturated carbocycles. The molecule has 0 unspecified atom stereocenters. The van der Waals surface area contributed by atoms with Crippen LogP contribution >= 0.6 is 11.3 Å². The van der Waals surface area contributed by atoms with Crippen molar-refractivity contribution in [3.8, 4) is 11.3 Å². The van der Waals surface area contributed by atoms with Crippen LogP contribution in [-0.2, 0) is 5.41 Å². The van der Waals surface area contributed by atoms with Crippen molar-refractivity contribution < 1.29 is 0 Å². The Morgan fingerprint density at radius 1 is 0.551 bits per heavy atom. The van der Waals surface area contributed by atoms with Gasteiger partial charge in [-0.15, -0.1) is 11.3 Å². The monoisotopic (exact) mass is 673 g/mol. The van der Waals surface area contributed by atoms with Crippen LogP contribution in [0.3, 0.4) is 0 Å².